The van der Waals surface area contributed by atoms with Gasteiger partial charge in [0.05, 0.1) is 13.2 Å². The lowest BCUT2D eigenvalue weighted by atomic mass is 9.91. The van der Waals surface area contributed by atoms with E-state index in [9.17, 15) is 0 Å². The summed E-state index contributed by atoms with van der Waals surface area (Å²) < 4.78 is 5.47. The first-order chi connectivity index (χ1) is 12.0. The van der Waals surface area contributed by atoms with Crippen molar-refractivity contribution < 1.29 is 4.74 Å². The Bertz CT molecular complexity index is 520. The molecule has 4 nitrogen and oxygen atoms in total. The highest BCUT2D eigenvalue weighted by molar-refractivity contribution is 6.30. The van der Waals surface area contributed by atoms with Crippen LogP contribution >= 0.6 is 11.6 Å². The van der Waals surface area contributed by atoms with E-state index in [1.807, 2.05) is 12.1 Å². The zero-order chi connectivity index (χ0) is 17.7. The van der Waals surface area contributed by atoms with Crippen molar-refractivity contribution in [3.8, 4) is 0 Å². The maximum Gasteiger partial charge on any atom is 0.0594 e. The first-order valence-electron chi connectivity index (χ1n) is 9.49. The molecule has 3 rings (SSSR count). The maximum atomic E-state index is 5.97. The van der Waals surface area contributed by atoms with Crippen LogP contribution in [0.3, 0.4) is 0 Å². The third kappa shape index (κ3) is 6.22. The lowest BCUT2D eigenvalue weighted by molar-refractivity contribution is 0.0108. The first kappa shape index (κ1) is 19.1. The number of rotatable bonds is 6. The predicted octanol–water partition coefficient (Wildman–Crippen LogP) is 2.82. The molecule has 0 saturated carbocycles. The van der Waals surface area contributed by atoms with Crippen LogP contribution in [0.15, 0.2) is 24.3 Å². The predicted molar refractivity (Wildman–Crippen MR) is 104 cm³/mol. The molecule has 5 heteroatoms. The molecular formula is C20H32ClN3O. The van der Waals surface area contributed by atoms with Gasteiger partial charge in [-0.15, -0.1) is 0 Å². The van der Waals surface area contributed by atoms with Gasteiger partial charge in [-0.3, -0.25) is 9.80 Å². The quantitative estimate of drug-likeness (QED) is 0.771. The number of hydrogen-bond acceptors (Lipinski definition) is 4. The van der Waals surface area contributed by atoms with Crippen LogP contribution in [0.1, 0.15) is 19.4 Å². The average Bonchev–Trinajstić information content (AvgIpc) is 2.59. The van der Waals surface area contributed by atoms with E-state index in [-0.39, 0.29) is 0 Å². The molecule has 0 aromatic heterocycles. The number of hydrogen-bond donors (Lipinski definition) is 0. The SMILES string of the molecule is CC(C)(CN1CCOCC1)CN1CCN(Cc2ccc(Cl)cc2)CC1. The Morgan fingerprint density at radius 2 is 1.36 bits per heavy atom. The van der Waals surface area contributed by atoms with Crippen molar-refractivity contribution in [3.63, 3.8) is 0 Å². The second-order valence-corrected chi connectivity index (χ2v) is 8.67. The summed E-state index contributed by atoms with van der Waals surface area (Å²) in [5, 5.41) is 0.816. The molecule has 2 aliphatic rings. The number of ether oxygens (including phenoxy) is 1. The van der Waals surface area contributed by atoms with E-state index in [1.54, 1.807) is 0 Å². The Balaban J connectivity index is 1.41. The summed E-state index contributed by atoms with van der Waals surface area (Å²) in [6.07, 6.45) is 0. The summed E-state index contributed by atoms with van der Waals surface area (Å²) in [5.41, 5.74) is 1.68. The average molecular weight is 366 g/mol. The highest BCUT2D eigenvalue weighted by atomic mass is 35.5. The van der Waals surface area contributed by atoms with Gasteiger partial charge < -0.3 is 9.64 Å². The third-order valence-corrected chi connectivity index (χ3v) is 5.44. The van der Waals surface area contributed by atoms with Gasteiger partial charge in [0.1, 0.15) is 0 Å². The molecule has 2 heterocycles. The Morgan fingerprint density at radius 1 is 0.840 bits per heavy atom. The minimum atomic E-state index is 0.329. The maximum absolute atomic E-state index is 5.97. The molecule has 0 atom stereocenters. The van der Waals surface area contributed by atoms with Crippen molar-refractivity contribution in [2.75, 3.05) is 65.6 Å². The molecule has 0 aliphatic carbocycles. The Kier molecular flexibility index (Phi) is 6.75. The minimum absolute atomic E-state index is 0.329. The largest absolute Gasteiger partial charge is 0.379 e. The molecule has 0 amide bonds. The molecule has 0 N–H and O–H groups in total. The van der Waals surface area contributed by atoms with E-state index in [4.69, 9.17) is 16.3 Å². The van der Waals surface area contributed by atoms with Crippen LogP contribution in [0, 0.1) is 5.41 Å². The second kappa shape index (κ2) is 8.83. The highest BCUT2D eigenvalue weighted by Crippen LogP contribution is 2.21. The van der Waals surface area contributed by atoms with Crippen LogP contribution in [0.4, 0.5) is 0 Å². The molecule has 0 bridgehead atoms. The number of benzene rings is 1. The van der Waals surface area contributed by atoms with E-state index in [2.05, 4.69) is 40.7 Å². The van der Waals surface area contributed by atoms with Crippen molar-refractivity contribution in [2.45, 2.75) is 20.4 Å². The summed E-state index contributed by atoms with van der Waals surface area (Å²) in [6.45, 7) is 16.8. The van der Waals surface area contributed by atoms with Crippen molar-refractivity contribution in [1.29, 1.82) is 0 Å². The fourth-order valence-electron chi connectivity index (χ4n) is 3.97. The molecule has 2 saturated heterocycles. The Morgan fingerprint density at radius 3 is 1.96 bits per heavy atom. The van der Waals surface area contributed by atoms with Gasteiger partial charge in [0.2, 0.25) is 0 Å². The number of nitrogens with zero attached hydrogens (tertiary/aromatic N) is 3. The van der Waals surface area contributed by atoms with Crippen molar-refractivity contribution >= 4 is 11.6 Å². The van der Waals surface area contributed by atoms with Crippen LogP contribution in [0.25, 0.3) is 0 Å². The van der Waals surface area contributed by atoms with Crippen LogP contribution in [0.2, 0.25) is 5.02 Å². The second-order valence-electron chi connectivity index (χ2n) is 8.23. The summed E-state index contributed by atoms with van der Waals surface area (Å²) in [7, 11) is 0. The van der Waals surface area contributed by atoms with Gasteiger partial charge in [-0.2, -0.15) is 0 Å². The Labute approximate surface area is 157 Å². The van der Waals surface area contributed by atoms with Crippen LogP contribution in [-0.2, 0) is 11.3 Å². The van der Waals surface area contributed by atoms with Crippen molar-refractivity contribution in [1.82, 2.24) is 14.7 Å². The van der Waals surface area contributed by atoms with Crippen molar-refractivity contribution in [2.24, 2.45) is 5.41 Å². The monoisotopic (exact) mass is 365 g/mol. The molecule has 0 radical (unpaired) electrons. The molecule has 0 spiro atoms. The van der Waals surface area contributed by atoms with E-state index >= 15 is 0 Å². The molecular weight excluding hydrogens is 334 g/mol. The smallest absolute Gasteiger partial charge is 0.0594 e. The van der Waals surface area contributed by atoms with Crippen LogP contribution < -0.4 is 0 Å². The number of morpholine rings is 1. The van der Waals surface area contributed by atoms with E-state index in [1.165, 1.54) is 31.7 Å². The molecule has 2 aliphatic heterocycles. The van der Waals surface area contributed by atoms with Gasteiger partial charge in [-0.1, -0.05) is 37.6 Å². The molecule has 1 aromatic carbocycles. The molecule has 25 heavy (non-hydrogen) atoms. The fraction of sp³-hybridized carbons (Fsp3) is 0.700. The van der Waals surface area contributed by atoms with Gasteiger partial charge in [0.15, 0.2) is 0 Å². The number of piperazine rings is 1. The van der Waals surface area contributed by atoms with Gasteiger partial charge in [0.25, 0.3) is 0 Å². The van der Waals surface area contributed by atoms with E-state index in [0.717, 1.165) is 51.0 Å². The Hall–Kier alpha value is -0.650. The zero-order valence-electron chi connectivity index (χ0n) is 15.7. The summed E-state index contributed by atoms with van der Waals surface area (Å²) in [4.78, 5) is 7.74. The van der Waals surface area contributed by atoms with Gasteiger partial charge in [0, 0.05) is 63.9 Å². The van der Waals surface area contributed by atoms with E-state index in [0.29, 0.717) is 5.41 Å². The summed E-state index contributed by atoms with van der Waals surface area (Å²) in [5.74, 6) is 0. The van der Waals surface area contributed by atoms with Crippen LogP contribution in [-0.4, -0.2) is 80.3 Å². The summed E-state index contributed by atoms with van der Waals surface area (Å²) >= 11 is 5.97. The summed E-state index contributed by atoms with van der Waals surface area (Å²) in [6, 6.07) is 8.25. The zero-order valence-corrected chi connectivity index (χ0v) is 16.5. The molecule has 1 aromatic rings. The molecule has 2 fully saturated rings. The normalized spacial score (nSPS) is 21.6. The van der Waals surface area contributed by atoms with Crippen molar-refractivity contribution in [3.05, 3.63) is 34.9 Å². The number of halogens is 1. The fourth-order valence-corrected chi connectivity index (χ4v) is 4.10. The third-order valence-electron chi connectivity index (χ3n) is 5.19. The van der Waals surface area contributed by atoms with Crippen LogP contribution in [0.5, 0.6) is 0 Å². The van der Waals surface area contributed by atoms with Gasteiger partial charge in [-0.05, 0) is 23.1 Å². The standard InChI is InChI=1S/C20H32ClN3O/c1-20(2,17-24-11-13-25-14-12-24)16-23-9-7-22(8-10-23)15-18-3-5-19(21)6-4-18/h3-6H,7-17H2,1-2H3. The molecule has 140 valence electrons. The highest BCUT2D eigenvalue weighted by Gasteiger charge is 2.27. The molecule has 0 unspecified atom stereocenters. The lowest BCUT2D eigenvalue weighted by Crippen LogP contribution is -2.51. The van der Waals surface area contributed by atoms with E-state index < -0.39 is 0 Å². The minimum Gasteiger partial charge on any atom is -0.379 e. The van der Waals surface area contributed by atoms with Gasteiger partial charge in [-0.25, -0.2) is 0 Å². The lowest BCUT2D eigenvalue weighted by Gasteiger charge is -2.41. The van der Waals surface area contributed by atoms with Gasteiger partial charge >= 0.3 is 0 Å². The first-order valence-corrected chi connectivity index (χ1v) is 9.87. The topological polar surface area (TPSA) is 19.0 Å².